The highest BCUT2D eigenvalue weighted by Gasteiger charge is 2.34. The van der Waals surface area contributed by atoms with E-state index in [0.717, 1.165) is 0 Å². The van der Waals surface area contributed by atoms with Gasteiger partial charge in [0, 0.05) is 6.54 Å². The molecule has 0 aromatic carbocycles. The lowest BCUT2D eigenvalue weighted by atomic mass is 10.1. The van der Waals surface area contributed by atoms with Crippen LogP contribution in [0.3, 0.4) is 0 Å². The predicted octanol–water partition coefficient (Wildman–Crippen LogP) is 3.10. The molecule has 0 radical (unpaired) electrons. The summed E-state index contributed by atoms with van der Waals surface area (Å²) < 4.78 is 61.6. The molecule has 2 nitrogen and oxygen atoms in total. The third-order valence-corrected chi connectivity index (χ3v) is 2.65. The smallest absolute Gasteiger partial charge is 0.326 e. The maximum atomic E-state index is 12.5. The van der Waals surface area contributed by atoms with Gasteiger partial charge in [-0.3, -0.25) is 0 Å². The number of pyridine rings is 1. The molecule has 0 aliphatic rings. The van der Waals surface area contributed by atoms with Crippen molar-refractivity contribution in [3.63, 3.8) is 0 Å². The number of hydrogen-bond acceptors (Lipinski definition) is 2. The predicted molar refractivity (Wildman–Crippen MR) is 54.8 cm³/mol. The van der Waals surface area contributed by atoms with E-state index >= 15 is 0 Å². The summed E-state index contributed by atoms with van der Waals surface area (Å²) >= 11 is 1.34. The van der Waals surface area contributed by atoms with E-state index in [1.54, 1.807) is 0 Å². The number of alkyl halides is 5. The standard InChI is InChI=1S/C8H6F5IN2/c9-6(10)5-3(2-15)1-4(8(11,12)13)16-7(5)14/h1,6H,2,15H2. The molecule has 0 saturated heterocycles. The minimum atomic E-state index is -4.66. The normalized spacial score (nSPS) is 12.2. The zero-order valence-corrected chi connectivity index (χ0v) is 9.81. The fraction of sp³-hybridized carbons (Fsp3) is 0.375. The van der Waals surface area contributed by atoms with Crippen LogP contribution in [0.4, 0.5) is 22.0 Å². The minimum Gasteiger partial charge on any atom is -0.326 e. The van der Waals surface area contributed by atoms with Gasteiger partial charge in [-0.05, 0) is 34.2 Å². The SMILES string of the molecule is NCc1cc(C(F)(F)F)nc(I)c1C(F)F. The molecule has 0 amide bonds. The van der Waals surface area contributed by atoms with E-state index in [1.807, 2.05) is 0 Å². The monoisotopic (exact) mass is 352 g/mol. The summed E-state index contributed by atoms with van der Waals surface area (Å²) in [6, 6.07) is 0.559. The van der Waals surface area contributed by atoms with Crippen LogP contribution in [0, 0.1) is 3.70 Å². The van der Waals surface area contributed by atoms with Gasteiger partial charge in [0.1, 0.15) is 9.39 Å². The number of nitrogens with zero attached hydrogens (tertiary/aromatic N) is 1. The average molecular weight is 352 g/mol. The van der Waals surface area contributed by atoms with Gasteiger partial charge >= 0.3 is 6.18 Å². The van der Waals surface area contributed by atoms with Crippen molar-refractivity contribution in [3.8, 4) is 0 Å². The van der Waals surface area contributed by atoms with Gasteiger partial charge < -0.3 is 5.73 Å². The molecule has 0 bridgehead atoms. The van der Waals surface area contributed by atoms with E-state index < -0.39 is 23.9 Å². The zero-order valence-electron chi connectivity index (χ0n) is 7.65. The molecule has 90 valence electrons. The lowest BCUT2D eigenvalue weighted by molar-refractivity contribution is -0.141. The molecule has 1 heterocycles. The quantitative estimate of drug-likeness (QED) is 0.505. The fourth-order valence-electron chi connectivity index (χ4n) is 1.12. The maximum Gasteiger partial charge on any atom is 0.433 e. The van der Waals surface area contributed by atoms with Crippen molar-refractivity contribution in [2.75, 3.05) is 0 Å². The summed E-state index contributed by atoms with van der Waals surface area (Å²) in [5.74, 6) is 0. The van der Waals surface area contributed by atoms with Crippen LogP contribution in [0.5, 0.6) is 0 Å². The van der Waals surface area contributed by atoms with Gasteiger partial charge in [-0.1, -0.05) is 0 Å². The number of halogens is 6. The van der Waals surface area contributed by atoms with E-state index in [4.69, 9.17) is 5.73 Å². The van der Waals surface area contributed by atoms with Crippen LogP contribution in [0.25, 0.3) is 0 Å². The molecule has 0 saturated carbocycles. The van der Waals surface area contributed by atoms with Crippen LogP contribution < -0.4 is 5.73 Å². The first-order valence-corrected chi connectivity index (χ1v) is 5.10. The third-order valence-electron chi connectivity index (χ3n) is 1.83. The van der Waals surface area contributed by atoms with Crippen LogP contribution >= 0.6 is 22.6 Å². The zero-order chi connectivity index (χ0) is 12.5. The van der Waals surface area contributed by atoms with Crippen molar-refractivity contribution in [1.29, 1.82) is 0 Å². The Kier molecular flexibility index (Phi) is 4.05. The van der Waals surface area contributed by atoms with E-state index in [-0.39, 0.29) is 15.8 Å². The van der Waals surface area contributed by atoms with E-state index in [0.29, 0.717) is 6.07 Å². The molecule has 0 aliphatic carbocycles. The van der Waals surface area contributed by atoms with Crippen LogP contribution in [-0.4, -0.2) is 4.98 Å². The van der Waals surface area contributed by atoms with E-state index in [1.165, 1.54) is 22.6 Å². The highest BCUT2D eigenvalue weighted by Crippen LogP contribution is 2.33. The number of hydrogen-bond donors (Lipinski definition) is 1. The first-order chi connectivity index (χ1) is 7.27. The number of aromatic nitrogens is 1. The largest absolute Gasteiger partial charge is 0.433 e. The van der Waals surface area contributed by atoms with Crippen LogP contribution in [0.15, 0.2) is 6.07 Å². The Balaban J connectivity index is 3.38. The van der Waals surface area contributed by atoms with Crippen LogP contribution in [0.2, 0.25) is 0 Å². The summed E-state index contributed by atoms with van der Waals surface area (Å²) in [4.78, 5) is 3.10. The van der Waals surface area contributed by atoms with Gasteiger partial charge in [0.05, 0.1) is 5.56 Å². The molecule has 16 heavy (non-hydrogen) atoms. The number of rotatable bonds is 2. The molecule has 0 fully saturated rings. The molecule has 0 spiro atoms. The lowest BCUT2D eigenvalue weighted by Gasteiger charge is -2.13. The summed E-state index contributed by atoms with van der Waals surface area (Å²) in [6.45, 7) is -0.388. The summed E-state index contributed by atoms with van der Waals surface area (Å²) in [6.07, 6.45) is -7.55. The molecule has 0 unspecified atom stereocenters. The summed E-state index contributed by atoms with van der Waals surface area (Å²) in [7, 11) is 0. The molecule has 0 aliphatic heterocycles. The molecule has 0 atom stereocenters. The lowest BCUT2D eigenvalue weighted by Crippen LogP contribution is -2.14. The second-order valence-corrected chi connectivity index (χ2v) is 3.90. The highest BCUT2D eigenvalue weighted by atomic mass is 127. The highest BCUT2D eigenvalue weighted by molar-refractivity contribution is 14.1. The van der Waals surface area contributed by atoms with Gasteiger partial charge in [-0.25, -0.2) is 13.8 Å². The molecule has 1 rings (SSSR count). The van der Waals surface area contributed by atoms with Crippen molar-refractivity contribution in [2.24, 2.45) is 5.73 Å². The summed E-state index contributed by atoms with van der Waals surface area (Å²) in [5, 5.41) is 0. The average Bonchev–Trinajstić information content (AvgIpc) is 2.14. The molecule has 2 N–H and O–H groups in total. The van der Waals surface area contributed by atoms with Gasteiger partial charge in [0.25, 0.3) is 6.43 Å². The third kappa shape index (κ3) is 2.78. The molecule has 1 aromatic heterocycles. The van der Waals surface area contributed by atoms with E-state index in [9.17, 15) is 22.0 Å². The van der Waals surface area contributed by atoms with Gasteiger partial charge in [-0.2, -0.15) is 13.2 Å². The molecular weight excluding hydrogens is 346 g/mol. The number of nitrogens with two attached hydrogens (primary N) is 1. The molecule has 8 heteroatoms. The Labute approximate surface area is 101 Å². The topological polar surface area (TPSA) is 38.9 Å². The van der Waals surface area contributed by atoms with Gasteiger partial charge in [0.2, 0.25) is 0 Å². The van der Waals surface area contributed by atoms with Crippen molar-refractivity contribution >= 4 is 22.6 Å². The van der Waals surface area contributed by atoms with Gasteiger partial charge in [-0.15, -0.1) is 0 Å². The Morgan fingerprint density at radius 3 is 2.31 bits per heavy atom. The summed E-state index contributed by atoms with van der Waals surface area (Å²) in [5.41, 5.74) is 3.17. The second-order valence-electron chi connectivity index (χ2n) is 2.87. The first kappa shape index (κ1) is 13.6. The van der Waals surface area contributed by atoms with Crippen LogP contribution in [0.1, 0.15) is 23.2 Å². The minimum absolute atomic E-state index is 0.235. The van der Waals surface area contributed by atoms with Gasteiger partial charge in [0.15, 0.2) is 0 Å². The van der Waals surface area contributed by atoms with Crippen LogP contribution in [-0.2, 0) is 12.7 Å². The first-order valence-electron chi connectivity index (χ1n) is 4.02. The fourth-order valence-corrected chi connectivity index (χ4v) is 1.96. The molecular formula is C8H6F5IN2. The van der Waals surface area contributed by atoms with Crippen molar-refractivity contribution in [1.82, 2.24) is 4.98 Å². The van der Waals surface area contributed by atoms with E-state index in [2.05, 4.69) is 4.98 Å². The Morgan fingerprint density at radius 2 is 1.94 bits per heavy atom. The van der Waals surface area contributed by atoms with Crippen molar-refractivity contribution < 1.29 is 22.0 Å². The molecule has 1 aromatic rings. The Hall–Kier alpha value is -0.510. The van der Waals surface area contributed by atoms with Crippen molar-refractivity contribution in [2.45, 2.75) is 19.1 Å². The van der Waals surface area contributed by atoms with Crippen molar-refractivity contribution in [3.05, 3.63) is 26.6 Å². The second kappa shape index (κ2) is 4.78. The Morgan fingerprint density at radius 1 is 1.38 bits per heavy atom. The maximum absolute atomic E-state index is 12.5. The Bertz CT molecular complexity index is 391.